The molecule has 3 aromatic rings. The lowest BCUT2D eigenvalue weighted by Gasteiger charge is -2.37. The Balaban J connectivity index is 1.24. The molecular formula is C36H38BrN7O6. The van der Waals surface area contributed by atoms with E-state index in [1.807, 2.05) is 12.1 Å². The van der Waals surface area contributed by atoms with Crippen molar-refractivity contribution in [1.29, 1.82) is 0 Å². The molecule has 2 aliphatic rings. The summed E-state index contributed by atoms with van der Waals surface area (Å²) in [7, 11) is 6.69. The Morgan fingerprint density at radius 3 is 2.54 bits per heavy atom. The number of likely N-dealkylation sites (N-methyl/N-ethyl adjacent to an activating group) is 2. The van der Waals surface area contributed by atoms with Crippen molar-refractivity contribution < 1.29 is 24.0 Å². The van der Waals surface area contributed by atoms with Crippen LogP contribution < -0.4 is 16.2 Å². The summed E-state index contributed by atoms with van der Waals surface area (Å²) in [5.74, 6) is 4.02. The number of aromatic nitrogens is 2. The summed E-state index contributed by atoms with van der Waals surface area (Å²) in [4.78, 5) is 80.3. The summed E-state index contributed by atoms with van der Waals surface area (Å²) in [6.45, 7) is 1.70. The van der Waals surface area contributed by atoms with Gasteiger partial charge in [-0.2, -0.15) is 5.10 Å². The summed E-state index contributed by atoms with van der Waals surface area (Å²) in [6.07, 6.45) is 3.12. The monoisotopic (exact) mass is 743 g/mol. The fraction of sp³-hybridized carbons (Fsp3) is 0.361. The van der Waals surface area contributed by atoms with Gasteiger partial charge in [-0.1, -0.05) is 30.0 Å². The Morgan fingerprint density at radius 1 is 1.10 bits per heavy atom. The molecule has 0 saturated carbocycles. The van der Waals surface area contributed by atoms with Gasteiger partial charge in [0.15, 0.2) is 0 Å². The number of hydrogen-bond donors (Lipinski definition) is 2. The van der Waals surface area contributed by atoms with Crippen molar-refractivity contribution in [3.63, 3.8) is 0 Å². The number of halogens is 1. The number of nitrogens with one attached hydrogen (secondary N) is 2. The molecule has 3 unspecified atom stereocenters. The van der Waals surface area contributed by atoms with Crippen molar-refractivity contribution in [3.05, 3.63) is 91.3 Å². The van der Waals surface area contributed by atoms with E-state index in [4.69, 9.17) is 0 Å². The molecule has 1 aromatic heterocycles. The maximum Gasteiger partial charge on any atom is 0.282 e. The summed E-state index contributed by atoms with van der Waals surface area (Å²) >= 11 is 3.39. The SMILES string of the molecule is CNC(=O)C(CCC=O)N1C(=O)c2cccc(C#CCN(C)C(=O)c3ccc(C4CC(Nc5cnn(C)c(=O)c5Br)CN(C)C4)cc3)c2C1=O. The number of hydrogen-bond acceptors (Lipinski definition) is 9. The fourth-order valence-electron chi connectivity index (χ4n) is 6.40. The Kier molecular flexibility index (Phi) is 11.3. The van der Waals surface area contributed by atoms with Gasteiger partial charge in [0.25, 0.3) is 23.3 Å². The van der Waals surface area contributed by atoms with Gasteiger partial charge in [-0.3, -0.25) is 28.9 Å². The second kappa shape index (κ2) is 15.6. The van der Waals surface area contributed by atoms with E-state index in [0.29, 0.717) is 27.6 Å². The molecule has 2 aromatic carbocycles. The molecule has 1 fully saturated rings. The van der Waals surface area contributed by atoms with Gasteiger partial charge >= 0.3 is 0 Å². The zero-order chi connectivity index (χ0) is 36.1. The number of carbonyl (C=O) groups excluding carboxylic acids is 5. The first-order valence-electron chi connectivity index (χ1n) is 16.1. The van der Waals surface area contributed by atoms with E-state index in [0.717, 1.165) is 30.0 Å². The average molecular weight is 745 g/mol. The van der Waals surface area contributed by atoms with Gasteiger partial charge in [0.05, 0.1) is 29.6 Å². The van der Waals surface area contributed by atoms with Crippen molar-refractivity contribution in [2.75, 3.05) is 46.1 Å². The number of amides is 4. The molecule has 5 rings (SSSR count). The zero-order valence-corrected chi connectivity index (χ0v) is 29.8. The van der Waals surface area contributed by atoms with Gasteiger partial charge in [0, 0.05) is 57.8 Å². The van der Waals surface area contributed by atoms with Gasteiger partial charge in [-0.15, -0.1) is 0 Å². The van der Waals surface area contributed by atoms with Crippen LogP contribution >= 0.6 is 15.9 Å². The van der Waals surface area contributed by atoms with Crippen LogP contribution in [0.25, 0.3) is 0 Å². The van der Waals surface area contributed by atoms with Crippen LogP contribution in [0.1, 0.15) is 67.4 Å². The molecule has 4 amide bonds. The van der Waals surface area contributed by atoms with Gasteiger partial charge < -0.3 is 25.2 Å². The van der Waals surface area contributed by atoms with E-state index in [-0.39, 0.29) is 53.9 Å². The molecular weight excluding hydrogens is 706 g/mol. The number of aldehydes is 1. The lowest BCUT2D eigenvalue weighted by Crippen LogP contribution is -2.48. The highest BCUT2D eigenvalue weighted by atomic mass is 79.9. The Morgan fingerprint density at radius 2 is 1.84 bits per heavy atom. The minimum Gasteiger partial charge on any atom is -0.379 e. The van der Waals surface area contributed by atoms with Crippen LogP contribution in [0.15, 0.2) is 57.9 Å². The molecule has 0 radical (unpaired) electrons. The van der Waals surface area contributed by atoms with Crippen molar-refractivity contribution in [1.82, 2.24) is 29.8 Å². The molecule has 0 spiro atoms. The summed E-state index contributed by atoms with van der Waals surface area (Å²) in [6, 6.07) is 11.2. The topological polar surface area (TPSA) is 154 Å². The Bertz CT molecular complexity index is 1950. The van der Waals surface area contributed by atoms with Crippen LogP contribution in [0.5, 0.6) is 0 Å². The van der Waals surface area contributed by atoms with Crippen LogP contribution in [0.4, 0.5) is 5.69 Å². The van der Waals surface area contributed by atoms with Crippen LogP contribution in [-0.4, -0.2) is 107 Å². The van der Waals surface area contributed by atoms with Crippen molar-refractivity contribution >= 4 is 51.5 Å². The number of anilines is 1. The molecule has 14 heteroatoms. The first-order valence-corrected chi connectivity index (χ1v) is 16.9. The molecule has 1 saturated heterocycles. The quantitative estimate of drug-likeness (QED) is 0.181. The number of piperidine rings is 1. The van der Waals surface area contributed by atoms with E-state index >= 15 is 0 Å². The maximum absolute atomic E-state index is 13.4. The standard InChI is InChI=1S/C36H38BrN7O6/c1-38-32(46)29(11-7-17-45)44-34(48)27-10-5-8-23(30(27)35(44)49)9-6-16-42(3)33(47)24-14-12-22(13-15-24)25-18-26(21-41(2)20-25)40-28-19-39-43(4)36(50)31(28)37/h5,8,10,12-15,17,19,25-26,29,40H,7,11,16,18,20-21H2,1-4H3,(H,38,46). The predicted octanol–water partition coefficient (Wildman–Crippen LogP) is 2.26. The third-order valence-corrected chi connectivity index (χ3v) is 9.72. The Hall–Kier alpha value is -5.13. The van der Waals surface area contributed by atoms with Crippen LogP contribution in [0.2, 0.25) is 0 Å². The average Bonchev–Trinajstić information content (AvgIpc) is 3.37. The molecule has 3 heterocycles. The number of likely N-dealkylation sites (tertiary alicyclic amines) is 1. The van der Waals surface area contributed by atoms with Gasteiger partial charge in [-0.25, -0.2) is 4.68 Å². The second-order valence-electron chi connectivity index (χ2n) is 12.5. The number of rotatable bonds is 10. The summed E-state index contributed by atoms with van der Waals surface area (Å²) in [5.41, 5.74) is 2.57. The molecule has 3 atom stereocenters. The smallest absolute Gasteiger partial charge is 0.282 e. The number of benzene rings is 2. The van der Waals surface area contributed by atoms with E-state index in [2.05, 4.69) is 55.5 Å². The van der Waals surface area contributed by atoms with Crippen molar-refractivity contribution in [3.8, 4) is 11.8 Å². The molecule has 2 aliphatic heterocycles. The number of nitrogens with zero attached hydrogens (tertiary/aromatic N) is 5. The van der Waals surface area contributed by atoms with E-state index in [1.54, 1.807) is 44.6 Å². The van der Waals surface area contributed by atoms with Crippen LogP contribution in [0, 0.1) is 11.8 Å². The lowest BCUT2D eigenvalue weighted by molar-refractivity contribution is -0.124. The van der Waals surface area contributed by atoms with Crippen molar-refractivity contribution in [2.45, 2.75) is 37.3 Å². The molecule has 50 heavy (non-hydrogen) atoms. The number of carbonyl (C=O) groups is 5. The van der Waals surface area contributed by atoms with Gasteiger partial charge in [0.1, 0.15) is 16.8 Å². The van der Waals surface area contributed by atoms with Crippen molar-refractivity contribution in [2.24, 2.45) is 7.05 Å². The summed E-state index contributed by atoms with van der Waals surface area (Å²) in [5, 5.41) is 10.0. The first-order chi connectivity index (χ1) is 23.9. The Labute approximate surface area is 298 Å². The fourth-order valence-corrected chi connectivity index (χ4v) is 6.87. The number of imide groups is 1. The lowest BCUT2D eigenvalue weighted by atomic mass is 9.87. The zero-order valence-electron chi connectivity index (χ0n) is 28.2. The van der Waals surface area contributed by atoms with E-state index < -0.39 is 23.8 Å². The normalized spacial score (nSPS) is 17.7. The highest BCUT2D eigenvalue weighted by molar-refractivity contribution is 9.10. The predicted molar refractivity (Wildman–Crippen MR) is 190 cm³/mol. The molecule has 0 bridgehead atoms. The molecule has 2 N–H and O–H groups in total. The summed E-state index contributed by atoms with van der Waals surface area (Å²) < 4.78 is 1.72. The number of fused-ring (bicyclic) bond motifs is 1. The maximum atomic E-state index is 13.4. The molecule has 0 aliphatic carbocycles. The second-order valence-corrected chi connectivity index (χ2v) is 13.3. The first kappa shape index (κ1) is 36.2. The molecule has 260 valence electrons. The van der Waals surface area contributed by atoms with Crippen LogP contribution in [-0.2, 0) is 16.6 Å². The number of aryl methyl sites for hydroxylation is 1. The van der Waals surface area contributed by atoms with E-state index in [1.165, 1.54) is 22.7 Å². The third-order valence-electron chi connectivity index (χ3n) is 8.95. The van der Waals surface area contributed by atoms with E-state index in [9.17, 15) is 28.8 Å². The van der Waals surface area contributed by atoms with Gasteiger partial charge in [-0.05, 0) is 71.6 Å². The minimum atomic E-state index is -1.13. The largest absolute Gasteiger partial charge is 0.379 e. The highest BCUT2D eigenvalue weighted by Gasteiger charge is 2.43. The highest BCUT2D eigenvalue weighted by Crippen LogP contribution is 2.30. The molecule has 13 nitrogen and oxygen atoms in total. The van der Waals surface area contributed by atoms with Gasteiger partial charge in [0.2, 0.25) is 5.91 Å². The minimum absolute atomic E-state index is 0.00643. The van der Waals surface area contributed by atoms with Crippen LogP contribution in [0.3, 0.4) is 0 Å². The third kappa shape index (κ3) is 7.54.